The van der Waals surface area contributed by atoms with E-state index in [0.29, 0.717) is 0 Å². The maximum Gasteiger partial charge on any atom is 0.220 e. The van der Waals surface area contributed by atoms with Gasteiger partial charge in [-0.25, -0.2) is 0 Å². The van der Waals surface area contributed by atoms with Gasteiger partial charge < -0.3 is 5.73 Å². The summed E-state index contributed by atoms with van der Waals surface area (Å²) in [5.74, 6) is -0.132. The molecular weight excluding hydrogens is 278 g/mol. The van der Waals surface area contributed by atoms with Gasteiger partial charge in [0, 0.05) is 5.04 Å². The molecule has 0 aliphatic carbocycles. The molecular formula is C16H29NOSi2. The third-order valence-electron chi connectivity index (χ3n) is 4.65. The second-order valence-electron chi connectivity index (χ2n) is 8.03. The first kappa shape index (κ1) is 17.2. The highest BCUT2D eigenvalue weighted by Gasteiger charge is 2.54. The van der Waals surface area contributed by atoms with E-state index in [1.54, 1.807) is 0 Å². The molecule has 0 aliphatic heterocycles. The van der Waals surface area contributed by atoms with Gasteiger partial charge >= 0.3 is 0 Å². The van der Waals surface area contributed by atoms with Crippen LogP contribution in [0.1, 0.15) is 18.0 Å². The molecule has 20 heavy (non-hydrogen) atoms. The summed E-state index contributed by atoms with van der Waals surface area (Å²) in [6, 6.07) is 10.5. The number of rotatable bonds is 5. The van der Waals surface area contributed by atoms with Gasteiger partial charge in [-0.2, -0.15) is 0 Å². The van der Waals surface area contributed by atoms with Crippen molar-refractivity contribution in [1.29, 1.82) is 0 Å². The summed E-state index contributed by atoms with van der Waals surface area (Å²) in [6.07, 6.45) is 0. The predicted molar refractivity (Wildman–Crippen MR) is 93.4 cm³/mol. The monoisotopic (exact) mass is 307 g/mol. The van der Waals surface area contributed by atoms with Crippen LogP contribution in [0.5, 0.6) is 0 Å². The zero-order chi connectivity index (χ0) is 15.8. The zero-order valence-electron chi connectivity index (χ0n) is 13.9. The largest absolute Gasteiger partial charge is 0.369 e. The SMILES string of the molecule is CC(C(N)=O)(C(c1ccccc1)[Si](C)(C)C)[Si](C)(C)C. The van der Waals surface area contributed by atoms with E-state index in [4.69, 9.17) is 5.73 Å². The van der Waals surface area contributed by atoms with Crippen LogP contribution >= 0.6 is 0 Å². The molecule has 2 unspecified atom stereocenters. The Hall–Kier alpha value is -0.876. The molecule has 1 aromatic carbocycles. The number of carbonyl (C=O) groups is 1. The Kier molecular flexibility index (Phi) is 4.71. The number of hydrogen-bond acceptors (Lipinski definition) is 1. The highest BCUT2D eigenvalue weighted by molar-refractivity contribution is 6.87. The Morgan fingerprint density at radius 1 is 1.05 bits per heavy atom. The van der Waals surface area contributed by atoms with Crippen molar-refractivity contribution in [3.05, 3.63) is 35.9 Å². The third kappa shape index (κ3) is 3.06. The van der Waals surface area contributed by atoms with Gasteiger partial charge in [-0.3, -0.25) is 4.79 Å². The summed E-state index contributed by atoms with van der Waals surface area (Å²) in [7, 11) is -3.37. The molecule has 1 rings (SSSR count). The van der Waals surface area contributed by atoms with Crippen molar-refractivity contribution in [2.75, 3.05) is 0 Å². The van der Waals surface area contributed by atoms with Crippen LogP contribution in [0.4, 0.5) is 0 Å². The summed E-state index contributed by atoms with van der Waals surface area (Å²) in [5.41, 5.74) is 7.45. The Balaban J connectivity index is 3.56. The van der Waals surface area contributed by atoms with Crippen LogP contribution in [0.3, 0.4) is 0 Å². The van der Waals surface area contributed by atoms with Crippen LogP contribution in [0.25, 0.3) is 0 Å². The van der Waals surface area contributed by atoms with Crippen molar-refractivity contribution < 1.29 is 4.79 Å². The van der Waals surface area contributed by atoms with Crippen molar-refractivity contribution in [3.63, 3.8) is 0 Å². The van der Waals surface area contributed by atoms with Crippen molar-refractivity contribution in [1.82, 2.24) is 0 Å². The van der Waals surface area contributed by atoms with Gasteiger partial charge in [0.1, 0.15) is 0 Å². The highest BCUT2D eigenvalue weighted by atomic mass is 28.3. The number of hydrogen-bond donors (Lipinski definition) is 1. The van der Waals surface area contributed by atoms with Gasteiger partial charge in [-0.05, 0) is 11.1 Å². The lowest BCUT2D eigenvalue weighted by atomic mass is 9.98. The topological polar surface area (TPSA) is 43.1 Å². The fourth-order valence-electron chi connectivity index (χ4n) is 3.29. The lowest BCUT2D eigenvalue weighted by molar-refractivity contribution is -0.120. The molecule has 0 heterocycles. The molecule has 0 aromatic heterocycles. The van der Waals surface area contributed by atoms with E-state index in [1.165, 1.54) is 5.56 Å². The standard InChI is InChI=1S/C16H29NOSi2/c1-16(15(17)18,20(5,6)7)14(19(2,3)4)13-11-9-8-10-12-13/h8-12,14H,1-7H3,(H2,17,18). The van der Waals surface area contributed by atoms with E-state index in [-0.39, 0.29) is 11.4 Å². The maximum absolute atomic E-state index is 12.4. The second-order valence-corrected chi connectivity index (χ2v) is 18.9. The number of nitrogens with two attached hydrogens (primary N) is 1. The minimum Gasteiger partial charge on any atom is -0.369 e. The van der Waals surface area contributed by atoms with E-state index < -0.39 is 21.2 Å². The number of primary amides is 1. The summed E-state index contributed by atoms with van der Waals surface area (Å²) < 4.78 is 0. The van der Waals surface area contributed by atoms with E-state index >= 15 is 0 Å². The Bertz CT molecular complexity index is 473. The fraction of sp³-hybridized carbons (Fsp3) is 0.562. The minimum absolute atomic E-state index is 0.132. The molecule has 2 N–H and O–H groups in total. The van der Waals surface area contributed by atoms with Crippen molar-refractivity contribution in [2.45, 2.75) is 56.8 Å². The quantitative estimate of drug-likeness (QED) is 0.813. The molecule has 0 saturated heterocycles. The van der Waals surface area contributed by atoms with Gasteiger partial charge in [-0.1, -0.05) is 76.5 Å². The van der Waals surface area contributed by atoms with E-state index in [9.17, 15) is 4.79 Å². The predicted octanol–water partition coefficient (Wildman–Crippen LogP) is 4.23. The van der Waals surface area contributed by atoms with Crippen LogP contribution in [-0.2, 0) is 4.79 Å². The van der Waals surface area contributed by atoms with Crippen molar-refractivity contribution in [3.8, 4) is 0 Å². The maximum atomic E-state index is 12.4. The molecule has 0 radical (unpaired) electrons. The average molecular weight is 308 g/mol. The highest BCUT2D eigenvalue weighted by Crippen LogP contribution is 2.53. The van der Waals surface area contributed by atoms with E-state index in [0.717, 1.165) is 0 Å². The van der Waals surface area contributed by atoms with Crippen LogP contribution in [-0.4, -0.2) is 22.1 Å². The molecule has 2 atom stereocenters. The molecule has 0 bridgehead atoms. The summed E-state index contributed by atoms with van der Waals surface area (Å²) in [6.45, 7) is 15.9. The molecule has 112 valence electrons. The van der Waals surface area contributed by atoms with E-state index in [2.05, 4.69) is 70.5 Å². The molecule has 1 amide bonds. The normalized spacial score (nSPS) is 17.4. The molecule has 0 fully saturated rings. The van der Waals surface area contributed by atoms with Crippen LogP contribution < -0.4 is 5.73 Å². The van der Waals surface area contributed by atoms with Crippen molar-refractivity contribution >= 4 is 22.1 Å². The molecule has 4 heteroatoms. The van der Waals surface area contributed by atoms with Crippen LogP contribution in [0.15, 0.2) is 30.3 Å². The molecule has 1 aromatic rings. The summed E-state index contributed by atoms with van der Waals surface area (Å²) in [4.78, 5) is 12.4. The Labute approximate surface area is 125 Å². The third-order valence-corrected chi connectivity index (χ3v) is 11.2. The lowest BCUT2D eigenvalue weighted by Crippen LogP contribution is -2.55. The second kappa shape index (κ2) is 5.49. The Morgan fingerprint density at radius 2 is 1.50 bits per heavy atom. The molecule has 0 saturated carbocycles. The fourth-order valence-corrected chi connectivity index (χ4v) is 10.7. The van der Waals surface area contributed by atoms with E-state index in [1.807, 2.05) is 6.07 Å². The van der Waals surface area contributed by atoms with Crippen LogP contribution in [0, 0.1) is 0 Å². The lowest BCUT2D eigenvalue weighted by Gasteiger charge is -2.49. The van der Waals surface area contributed by atoms with Gasteiger partial charge in [-0.15, -0.1) is 0 Å². The summed E-state index contributed by atoms with van der Waals surface area (Å²) >= 11 is 0. The first-order valence-electron chi connectivity index (χ1n) is 7.27. The van der Waals surface area contributed by atoms with Crippen molar-refractivity contribution in [2.24, 2.45) is 5.73 Å². The first-order valence-corrected chi connectivity index (χ1v) is 14.3. The van der Waals surface area contributed by atoms with Gasteiger partial charge in [0.25, 0.3) is 0 Å². The Morgan fingerprint density at radius 3 is 1.80 bits per heavy atom. The van der Waals surface area contributed by atoms with Gasteiger partial charge in [0.2, 0.25) is 5.91 Å². The first-order chi connectivity index (χ1) is 8.92. The summed E-state index contributed by atoms with van der Waals surface area (Å²) in [5, 5.41) is -0.418. The number of benzene rings is 1. The minimum atomic E-state index is -1.77. The smallest absolute Gasteiger partial charge is 0.220 e. The van der Waals surface area contributed by atoms with Gasteiger partial charge in [0.05, 0.1) is 16.1 Å². The zero-order valence-corrected chi connectivity index (χ0v) is 15.9. The van der Waals surface area contributed by atoms with Crippen LogP contribution in [0.2, 0.25) is 44.3 Å². The average Bonchev–Trinajstić information content (AvgIpc) is 2.26. The molecule has 0 spiro atoms. The van der Waals surface area contributed by atoms with Gasteiger partial charge in [0.15, 0.2) is 0 Å². The number of amides is 1. The number of carbonyl (C=O) groups excluding carboxylic acids is 1. The molecule has 2 nitrogen and oxygen atoms in total. The molecule has 0 aliphatic rings.